The normalized spacial score (nSPS) is 13.6. The van der Waals surface area contributed by atoms with E-state index in [4.69, 9.17) is 4.74 Å². The molecule has 4 rings (SSSR count). The molecule has 3 heterocycles. The first kappa shape index (κ1) is 22.5. The summed E-state index contributed by atoms with van der Waals surface area (Å²) in [7, 11) is -2.90. The number of rotatable bonds is 6. The molecule has 0 saturated heterocycles. The standard InChI is InChI=1S/C19H17FN4O5S3/c1-29-18(26)16-13-6-7-24(17(25)14-10-30-23-22-14)9-15(13)31-19(16)32(27,28)21-8-11-2-4-12(20)5-3-11/h2-5,10,21H,6-9H2,1H3. The van der Waals surface area contributed by atoms with Gasteiger partial charge in [-0.2, -0.15) is 0 Å². The van der Waals surface area contributed by atoms with E-state index in [-0.39, 0.29) is 34.5 Å². The molecule has 0 unspecified atom stereocenters. The number of carbonyl (C=O) groups is 2. The largest absolute Gasteiger partial charge is 0.465 e. The summed E-state index contributed by atoms with van der Waals surface area (Å²) < 4.78 is 50.0. The highest BCUT2D eigenvalue weighted by molar-refractivity contribution is 7.91. The number of aromatic nitrogens is 2. The van der Waals surface area contributed by atoms with E-state index in [0.29, 0.717) is 29.0 Å². The summed E-state index contributed by atoms with van der Waals surface area (Å²) >= 11 is 1.99. The number of methoxy groups -OCH3 is 1. The number of thiophene rings is 1. The maximum absolute atomic E-state index is 13.1. The van der Waals surface area contributed by atoms with E-state index in [1.165, 1.54) is 31.4 Å². The number of hydrogen-bond donors (Lipinski definition) is 1. The SMILES string of the molecule is COC(=O)c1c(S(=O)(=O)NCc2ccc(F)cc2)sc2c1CCN(C(=O)c1csnn1)C2. The Morgan fingerprint density at radius 2 is 2.03 bits per heavy atom. The first-order chi connectivity index (χ1) is 15.3. The molecule has 3 aromatic rings. The fourth-order valence-corrected chi connectivity index (χ4v) is 6.71. The van der Waals surface area contributed by atoms with Crippen LogP contribution in [-0.2, 0) is 34.3 Å². The van der Waals surface area contributed by atoms with Crippen LogP contribution in [0.2, 0.25) is 0 Å². The smallest absolute Gasteiger partial charge is 0.340 e. The first-order valence-electron chi connectivity index (χ1n) is 9.33. The van der Waals surface area contributed by atoms with Gasteiger partial charge in [0.25, 0.3) is 15.9 Å². The minimum absolute atomic E-state index is 0.0125. The monoisotopic (exact) mass is 496 g/mol. The molecule has 1 N–H and O–H groups in total. The highest BCUT2D eigenvalue weighted by Gasteiger charge is 2.35. The van der Waals surface area contributed by atoms with Crippen LogP contribution in [0.5, 0.6) is 0 Å². The van der Waals surface area contributed by atoms with E-state index in [0.717, 1.165) is 22.9 Å². The van der Waals surface area contributed by atoms with Crippen molar-refractivity contribution in [3.63, 3.8) is 0 Å². The van der Waals surface area contributed by atoms with Crippen LogP contribution in [0.25, 0.3) is 0 Å². The van der Waals surface area contributed by atoms with Crippen molar-refractivity contribution in [1.82, 2.24) is 19.2 Å². The lowest BCUT2D eigenvalue weighted by Crippen LogP contribution is -2.36. The van der Waals surface area contributed by atoms with Gasteiger partial charge in [0, 0.05) is 23.3 Å². The number of halogens is 1. The molecule has 0 saturated carbocycles. The molecule has 1 aliphatic heterocycles. The van der Waals surface area contributed by atoms with Crippen LogP contribution in [0.3, 0.4) is 0 Å². The minimum atomic E-state index is -4.08. The zero-order valence-electron chi connectivity index (χ0n) is 16.7. The predicted molar refractivity (Wildman–Crippen MR) is 114 cm³/mol. The third kappa shape index (κ3) is 4.41. The molecule has 0 radical (unpaired) electrons. The number of ether oxygens (including phenoxy) is 1. The lowest BCUT2D eigenvalue weighted by atomic mass is 10.0. The van der Waals surface area contributed by atoms with Crippen molar-refractivity contribution in [1.29, 1.82) is 0 Å². The van der Waals surface area contributed by atoms with Crippen molar-refractivity contribution < 1.29 is 27.1 Å². The molecule has 1 aromatic carbocycles. The number of sulfonamides is 1. The van der Waals surface area contributed by atoms with Gasteiger partial charge in [-0.05, 0) is 41.2 Å². The highest BCUT2D eigenvalue weighted by atomic mass is 32.2. The molecule has 0 aliphatic carbocycles. The maximum Gasteiger partial charge on any atom is 0.340 e. The molecule has 13 heteroatoms. The third-order valence-electron chi connectivity index (χ3n) is 4.90. The highest BCUT2D eigenvalue weighted by Crippen LogP contribution is 2.37. The second-order valence-electron chi connectivity index (χ2n) is 6.88. The molecule has 0 spiro atoms. The van der Waals surface area contributed by atoms with Crippen LogP contribution in [0.15, 0.2) is 33.9 Å². The molecule has 9 nitrogen and oxygen atoms in total. The van der Waals surface area contributed by atoms with Gasteiger partial charge < -0.3 is 9.64 Å². The van der Waals surface area contributed by atoms with Gasteiger partial charge in [0.15, 0.2) is 5.69 Å². The van der Waals surface area contributed by atoms with Crippen LogP contribution < -0.4 is 4.72 Å². The third-order valence-corrected chi connectivity index (χ3v) is 8.55. The number of amides is 1. The topological polar surface area (TPSA) is 119 Å². The second-order valence-corrected chi connectivity index (χ2v) is 10.6. The Morgan fingerprint density at radius 1 is 1.28 bits per heavy atom. The fourth-order valence-electron chi connectivity index (χ4n) is 3.32. The molecular formula is C19H17FN4O5S3. The lowest BCUT2D eigenvalue weighted by Gasteiger charge is -2.26. The Hall–Kier alpha value is -2.74. The van der Waals surface area contributed by atoms with E-state index >= 15 is 0 Å². The molecule has 0 atom stereocenters. The molecular weight excluding hydrogens is 479 g/mol. The van der Waals surface area contributed by atoms with Gasteiger partial charge in [-0.25, -0.2) is 22.3 Å². The van der Waals surface area contributed by atoms with Gasteiger partial charge in [0.1, 0.15) is 10.0 Å². The molecule has 32 heavy (non-hydrogen) atoms. The molecule has 1 aliphatic rings. The van der Waals surface area contributed by atoms with Crippen LogP contribution >= 0.6 is 22.9 Å². The van der Waals surface area contributed by atoms with E-state index in [9.17, 15) is 22.4 Å². The zero-order chi connectivity index (χ0) is 22.9. The van der Waals surface area contributed by atoms with Crippen molar-refractivity contribution in [2.45, 2.75) is 23.7 Å². The summed E-state index contributed by atoms with van der Waals surface area (Å²) in [5.41, 5.74) is 1.33. The number of nitrogens with zero attached hydrogens (tertiary/aromatic N) is 3. The Bertz CT molecular complexity index is 1260. The molecule has 0 bridgehead atoms. The second kappa shape index (κ2) is 9.02. The molecule has 0 fully saturated rings. The average Bonchev–Trinajstić information content (AvgIpc) is 3.46. The Balaban J connectivity index is 1.63. The van der Waals surface area contributed by atoms with Gasteiger partial charge in [0.2, 0.25) is 0 Å². The van der Waals surface area contributed by atoms with Crippen molar-refractivity contribution in [2.24, 2.45) is 0 Å². The minimum Gasteiger partial charge on any atom is -0.465 e. The summed E-state index contributed by atoms with van der Waals surface area (Å²) in [5, 5.41) is 5.33. The van der Waals surface area contributed by atoms with Crippen molar-refractivity contribution in [3.8, 4) is 0 Å². The van der Waals surface area contributed by atoms with Crippen LogP contribution in [0.1, 0.15) is 36.9 Å². The summed E-state index contributed by atoms with van der Waals surface area (Å²) in [5.74, 6) is -1.49. The molecule has 2 aromatic heterocycles. The maximum atomic E-state index is 13.1. The van der Waals surface area contributed by atoms with Crippen molar-refractivity contribution in [3.05, 3.63) is 62.7 Å². The number of esters is 1. The summed E-state index contributed by atoms with van der Waals surface area (Å²) in [4.78, 5) is 27.2. The van der Waals surface area contributed by atoms with E-state index in [2.05, 4.69) is 14.3 Å². The Morgan fingerprint density at radius 3 is 2.69 bits per heavy atom. The quantitative estimate of drug-likeness (QED) is 0.520. The predicted octanol–water partition coefficient (Wildman–Crippen LogP) is 2.20. The van der Waals surface area contributed by atoms with Gasteiger partial charge in [-0.3, -0.25) is 4.79 Å². The summed E-state index contributed by atoms with van der Waals surface area (Å²) in [6, 6.07) is 5.40. The van der Waals surface area contributed by atoms with Gasteiger partial charge in [-0.15, -0.1) is 16.4 Å². The van der Waals surface area contributed by atoms with Crippen LogP contribution in [-0.4, -0.2) is 48.4 Å². The van der Waals surface area contributed by atoms with E-state index < -0.39 is 21.8 Å². The van der Waals surface area contributed by atoms with Gasteiger partial charge >= 0.3 is 5.97 Å². The number of hydrogen-bond acceptors (Lipinski definition) is 9. The summed E-state index contributed by atoms with van der Waals surface area (Å²) in [6.45, 7) is 0.369. The number of fused-ring (bicyclic) bond motifs is 1. The molecule has 168 valence electrons. The van der Waals surface area contributed by atoms with Crippen LogP contribution in [0, 0.1) is 5.82 Å². The van der Waals surface area contributed by atoms with E-state index in [1.807, 2.05) is 0 Å². The van der Waals surface area contributed by atoms with Crippen LogP contribution in [0.4, 0.5) is 4.39 Å². The zero-order valence-corrected chi connectivity index (χ0v) is 19.2. The van der Waals surface area contributed by atoms with Crippen molar-refractivity contribution >= 4 is 44.8 Å². The Kier molecular flexibility index (Phi) is 6.33. The number of nitrogens with one attached hydrogen (secondary N) is 1. The van der Waals surface area contributed by atoms with E-state index in [1.54, 1.807) is 10.3 Å². The number of benzene rings is 1. The lowest BCUT2D eigenvalue weighted by molar-refractivity contribution is 0.0595. The van der Waals surface area contributed by atoms with Gasteiger partial charge in [-0.1, -0.05) is 16.6 Å². The van der Waals surface area contributed by atoms with Gasteiger partial charge in [0.05, 0.1) is 19.2 Å². The fraction of sp³-hybridized carbons (Fsp3) is 0.263. The number of carbonyl (C=O) groups excluding carboxylic acids is 2. The first-order valence-corrected chi connectivity index (χ1v) is 12.5. The Labute approximate surface area is 191 Å². The summed E-state index contributed by atoms with van der Waals surface area (Å²) in [6.07, 6.45) is 0.299. The molecule has 1 amide bonds. The van der Waals surface area contributed by atoms with Crippen molar-refractivity contribution in [2.75, 3.05) is 13.7 Å². The average molecular weight is 497 g/mol.